The monoisotopic (exact) mass is 1150 g/mol. The van der Waals surface area contributed by atoms with Gasteiger partial charge in [-0.1, -0.05) is 290 Å². The molecule has 0 saturated heterocycles. The number of hydrogen-bond donors (Lipinski definition) is 1. The summed E-state index contributed by atoms with van der Waals surface area (Å²) in [6, 6.07) is 0. The number of hydrogen-bond acceptors (Lipinski definition) is 5. The minimum Gasteiger partial charge on any atom is -0.462 e. The molecule has 5 nitrogen and oxygen atoms in total. The average molecular weight is 1150 g/mol. The molecule has 0 heterocycles. The molecule has 84 heavy (non-hydrogen) atoms. The van der Waals surface area contributed by atoms with E-state index in [-0.39, 0.29) is 25.2 Å². The molecule has 0 aromatic rings. The Hall–Kier alpha value is -6.04. The van der Waals surface area contributed by atoms with Crippen molar-refractivity contribution in [2.45, 2.75) is 238 Å². The fourth-order valence-electron chi connectivity index (χ4n) is 8.10. The van der Waals surface area contributed by atoms with E-state index in [1.807, 2.05) is 0 Å². The largest absolute Gasteiger partial charge is 0.462 e. The quantitative estimate of drug-likeness (QED) is 0.0373. The van der Waals surface area contributed by atoms with E-state index in [4.69, 9.17) is 9.47 Å². The van der Waals surface area contributed by atoms with Crippen molar-refractivity contribution in [3.63, 3.8) is 0 Å². The second-order valence-electron chi connectivity index (χ2n) is 20.7. The van der Waals surface area contributed by atoms with E-state index < -0.39 is 6.10 Å². The summed E-state index contributed by atoms with van der Waals surface area (Å²) in [5, 5.41) is 9.69. The van der Waals surface area contributed by atoms with Crippen LogP contribution >= 0.6 is 0 Å². The summed E-state index contributed by atoms with van der Waals surface area (Å²) in [7, 11) is 0. The second kappa shape index (κ2) is 71.2. The van der Waals surface area contributed by atoms with E-state index in [1.165, 1.54) is 25.7 Å². The number of aliphatic hydroxyl groups is 1. The normalized spacial score (nSPS) is 13.8. The number of carbonyl (C=O) groups excluding carboxylic acids is 2. The van der Waals surface area contributed by atoms with Gasteiger partial charge in [-0.25, -0.2) is 0 Å². The number of esters is 2. The minimum absolute atomic E-state index is 0.100. The number of carbonyl (C=O) groups is 2. The summed E-state index contributed by atoms with van der Waals surface area (Å²) in [4.78, 5) is 24.6. The zero-order valence-corrected chi connectivity index (χ0v) is 53.1. The van der Waals surface area contributed by atoms with Gasteiger partial charge in [0.2, 0.25) is 0 Å². The molecule has 0 aromatic heterocycles. The van der Waals surface area contributed by atoms with Gasteiger partial charge < -0.3 is 14.6 Å². The van der Waals surface area contributed by atoms with Gasteiger partial charge in [-0.2, -0.15) is 0 Å². The molecular formula is C79H118O5. The summed E-state index contributed by atoms with van der Waals surface area (Å²) in [5.74, 6) is -0.652. The molecule has 0 aromatic carbocycles. The molecule has 0 aliphatic rings. The first kappa shape index (κ1) is 78.0. The average Bonchev–Trinajstić information content (AvgIpc) is 3.51. The van der Waals surface area contributed by atoms with Crippen LogP contribution in [0.4, 0.5) is 0 Å². The molecule has 0 aliphatic carbocycles. The van der Waals surface area contributed by atoms with E-state index in [0.29, 0.717) is 12.8 Å². The highest BCUT2D eigenvalue weighted by Crippen LogP contribution is 2.13. The first-order valence-corrected chi connectivity index (χ1v) is 32.9. The van der Waals surface area contributed by atoms with Crippen molar-refractivity contribution < 1.29 is 24.2 Å². The SMILES string of the molecule is CC/C=C\C/C=C\C/C=C\C/C=C\C/C=C\C/C=C\C/C=C\C/C=C\C/C=C\C/C=C\C/C=C\CCCCCCCCCC(=O)OC(CO)COC(=O)CCCCCC/C=C\C/C=C\C/C=C\C/C=C\C/C=C\C/C=C\C/C=C\C/C=C\CC. The highest BCUT2D eigenvalue weighted by molar-refractivity contribution is 5.70. The van der Waals surface area contributed by atoms with Gasteiger partial charge in [0.15, 0.2) is 6.10 Å². The van der Waals surface area contributed by atoms with Crippen LogP contribution in [0.5, 0.6) is 0 Å². The molecule has 1 unspecified atom stereocenters. The van der Waals surface area contributed by atoms with Gasteiger partial charge in [-0.3, -0.25) is 9.59 Å². The Morgan fingerprint density at radius 2 is 0.476 bits per heavy atom. The van der Waals surface area contributed by atoms with Gasteiger partial charge in [0.1, 0.15) is 6.61 Å². The lowest BCUT2D eigenvalue weighted by atomic mass is 10.1. The van der Waals surface area contributed by atoms with Crippen LogP contribution in [0.1, 0.15) is 232 Å². The summed E-state index contributed by atoms with van der Waals surface area (Å²) in [6.45, 7) is 3.86. The summed E-state index contributed by atoms with van der Waals surface area (Å²) in [6.07, 6.45) is 117. The molecular weight excluding hydrogens is 1030 g/mol. The van der Waals surface area contributed by atoms with Crippen LogP contribution in [0.15, 0.2) is 231 Å². The fourth-order valence-corrected chi connectivity index (χ4v) is 8.10. The Kier molecular flexibility index (Phi) is 66.1. The molecule has 0 spiro atoms. The molecule has 0 radical (unpaired) electrons. The zero-order valence-electron chi connectivity index (χ0n) is 53.1. The van der Waals surface area contributed by atoms with Crippen LogP contribution in [0, 0.1) is 0 Å². The number of aliphatic hydroxyl groups excluding tert-OH is 1. The van der Waals surface area contributed by atoms with Crippen molar-refractivity contribution in [2.75, 3.05) is 13.2 Å². The fraction of sp³-hybridized carbons (Fsp3) is 0.494. The molecule has 0 amide bonds. The van der Waals surface area contributed by atoms with Gasteiger partial charge in [-0.05, 0) is 161 Å². The third-order valence-corrected chi connectivity index (χ3v) is 13.0. The maximum Gasteiger partial charge on any atom is 0.306 e. The van der Waals surface area contributed by atoms with E-state index in [0.717, 1.165) is 180 Å². The minimum atomic E-state index is -0.810. The molecule has 0 saturated carbocycles. The van der Waals surface area contributed by atoms with Crippen LogP contribution < -0.4 is 0 Å². The van der Waals surface area contributed by atoms with Crippen molar-refractivity contribution in [1.82, 2.24) is 0 Å². The van der Waals surface area contributed by atoms with Gasteiger partial charge >= 0.3 is 11.9 Å². The molecule has 1 N–H and O–H groups in total. The van der Waals surface area contributed by atoms with Crippen molar-refractivity contribution in [1.29, 1.82) is 0 Å². The van der Waals surface area contributed by atoms with E-state index in [9.17, 15) is 14.7 Å². The highest BCUT2D eigenvalue weighted by atomic mass is 16.6. The standard InChI is InChI=1S/C79H118O5/c1-3-5-7-9-11-13-15-17-19-21-23-25-27-29-31-33-34-35-36-37-38-39-40-41-42-43-44-46-48-50-52-54-56-58-60-62-64-66-68-70-72-74-79(82)84-77(75-80)76-83-78(81)73-71-69-67-65-63-61-59-57-55-53-51-49-47-45-32-30-28-26-24-22-20-18-16-14-12-10-8-6-4-2/h5-8,11-14,17-20,23-26,29-32,34-35,37-38,40-41,43-44,47-50,53-56,59,61,77,80H,3-4,9-10,15-16,21-22,27-28,33,36,39,42,45-46,51-52,57-58,60,62-76H2,1-2H3/b7-5-,8-6-,13-11-,14-12-,19-17-,20-18-,25-23-,26-24-,31-29-,32-30-,35-34-,38-37-,41-40-,44-43-,49-47-,50-48-,55-53-,56-54-,61-59-. The van der Waals surface area contributed by atoms with Crippen LogP contribution in [0.2, 0.25) is 0 Å². The highest BCUT2D eigenvalue weighted by Gasteiger charge is 2.16. The van der Waals surface area contributed by atoms with Crippen LogP contribution in [0.3, 0.4) is 0 Å². The third kappa shape index (κ3) is 68.5. The molecule has 464 valence electrons. The molecule has 0 aliphatic heterocycles. The molecule has 0 bridgehead atoms. The predicted molar refractivity (Wildman–Crippen MR) is 370 cm³/mol. The van der Waals surface area contributed by atoms with Crippen molar-refractivity contribution in [2.24, 2.45) is 0 Å². The topological polar surface area (TPSA) is 72.8 Å². The zero-order chi connectivity index (χ0) is 60.5. The summed E-state index contributed by atoms with van der Waals surface area (Å²) >= 11 is 0. The first-order chi connectivity index (χ1) is 41.6. The molecule has 0 rings (SSSR count). The second-order valence-corrected chi connectivity index (χ2v) is 20.7. The van der Waals surface area contributed by atoms with Gasteiger partial charge in [0, 0.05) is 12.8 Å². The number of ether oxygens (including phenoxy) is 2. The van der Waals surface area contributed by atoms with E-state index >= 15 is 0 Å². The molecule has 5 heteroatoms. The predicted octanol–water partition coefficient (Wildman–Crippen LogP) is 23.3. The third-order valence-electron chi connectivity index (χ3n) is 13.0. The van der Waals surface area contributed by atoms with Crippen molar-refractivity contribution >= 4 is 11.9 Å². The van der Waals surface area contributed by atoms with Crippen LogP contribution in [0.25, 0.3) is 0 Å². The lowest BCUT2D eigenvalue weighted by Gasteiger charge is -2.15. The molecule has 0 fully saturated rings. The van der Waals surface area contributed by atoms with Gasteiger partial charge in [0.25, 0.3) is 0 Å². The number of rotatable bonds is 57. The maximum atomic E-state index is 12.4. The summed E-state index contributed by atoms with van der Waals surface area (Å²) < 4.78 is 10.7. The van der Waals surface area contributed by atoms with Crippen molar-refractivity contribution in [3.05, 3.63) is 231 Å². The van der Waals surface area contributed by atoms with Crippen LogP contribution in [-0.2, 0) is 19.1 Å². The maximum absolute atomic E-state index is 12.4. The van der Waals surface area contributed by atoms with Gasteiger partial charge in [-0.15, -0.1) is 0 Å². The Morgan fingerprint density at radius 3 is 0.714 bits per heavy atom. The first-order valence-electron chi connectivity index (χ1n) is 32.9. The van der Waals surface area contributed by atoms with E-state index in [2.05, 4.69) is 245 Å². The lowest BCUT2D eigenvalue weighted by Crippen LogP contribution is -2.28. The lowest BCUT2D eigenvalue weighted by molar-refractivity contribution is -0.161. The smallest absolute Gasteiger partial charge is 0.306 e. The summed E-state index contributed by atoms with van der Waals surface area (Å²) in [5.41, 5.74) is 0. The Morgan fingerprint density at radius 1 is 0.274 bits per heavy atom. The Bertz CT molecular complexity index is 2080. The van der Waals surface area contributed by atoms with Crippen LogP contribution in [-0.4, -0.2) is 36.4 Å². The van der Waals surface area contributed by atoms with E-state index in [1.54, 1.807) is 0 Å². The molecule has 1 atom stereocenters. The van der Waals surface area contributed by atoms with Crippen molar-refractivity contribution in [3.8, 4) is 0 Å². The Balaban J connectivity index is 3.69. The Labute approximate surface area is 515 Å². The van der Waals surface area contributed by atoms with Gasteiger partial charge in [0.05, 0.1) is 6.61 Å². The number of unbranched alkanes of at least 4 members (excludes halogenated alkanes) is 11. The number of allylic oxidation sites excluding steroid dienone is 38.